The summed E-state index contributed by atoms with van der Waals surface area (Å²) in [5.74, 6) is 1.75. The average molecular weight is 388 g/mol. The summed E-state index contributed by atoms with van der Waals surface area (Å²) in [5.41, 5.74) is 2.55. The minimum atomic E-state index is 0.873. The Balaban J connectivity index is 0.000000159. The third-order valence-electron chi connectivity index (χ3n) is 3.94. The number of rotatable bonds is 3. The zero-order valence-corrected chi connectivity index (χ0v) is 17.3. The Morgan fingerprint density at radius 3 is 1.11 bits per heavy atom. The first-order valence-electron chi connectivity index (χ1n) is 8.71. The lowest BCUT2D eigenvalue weighted by Gasteiger charge is -2.09. The molecule has 0 aliphatic heterocycles. The highest BCUT2D eigenvalue weighted by atomic mass is 31.0. The smallest absolute Gasteiger partial charge is 0.134 e. The van der Waals surface area contributed by atoms with Crippen molar-refractivity contribution in [3.05, 3.63) is 109 Å². The van der Waals surface area contributed by atoms with Gasteiger partial charge in [-0.15, -0.1) is 18.5 Å². The molecule has 4 aromatic carbocycles. The lowest BCUT2D eigenvalue weighted by molar-refractivity contribution is 0.491. The summed E-state index contributed by atoms with van der Waals surface area (Å²) in [6, 6.07) is 36.6. The van der Waals surface area contributed by atoms with Crippen molar-refractivity contribution >= 4 is 29.1 Å². The molecule has 4 aromatic rings. The first-order chi connectivity index (χ1) is 13.2. The first-order valence-corrected chi connectivity index (χ1v) is 9.87. The molecule has 0 aromatic heterocycles. The Labute approximate surface area is 165 Å². The minimum Gasteiger partial charge on any atom is -0.456 e. The van der Waals surface area contributed by atoms with Gasteiger partial charge in [0, 0.05) is 10.6 Å². The Bertz CT molecular complexity index is 889. The molecule has 0 aliphatic rings. The maximum absolute atomic E-state index is 5.80. The lowest BCUT2D eigenvalue weighted by Crippen LogP contribution is -2.02. The van der Waals surface area contributed by atoms with Gasteiger partial charge in [0.15, 0.2) is 0 Å². The van der Waals surface area contributed by atoms with E-state index < -0.39 is 0 Å². The van der Waals surface area contributed by atoms with E-state index in [4.69, 9.17) is 4.74 Å². The van der Waals surface area contributed by atoms with Gasteiger partial charge in [0.2, 0.25) is 0 Å². The van der Waals surface area contributed by atoms with Crippen molar-refractivity contribution in [2.75, 3.05) is 0 Å². The van der Waals surface area contributed by atoms with Gasteiger partial charge in [-0.2, -0.15) is 0 Å². The predicted octanol–water partition coefficient (Wildman–Crippen LogP) is 5.83. The van der Waals surface area contributed by atoms with Crippen LogP contribution in [0.5, 0.6) is 11.5 Å². The molecule has 0 N–H and O–H groups in total. The van der Waals surface area contributed by atoms with Crippen molar-refractivity contribution in [1.82, 2.24) is 0 Å². The molecule has 2 unspecified atom stereocenters. The Morgan fingerprint density at radius 2 is 0.741 bits per heavy atom. The van der Waals surface area contributed by atoms with Crippen LogP contribution in [0.1, 0.15) is 0 Å². The number of hydrogen-bond acceptors (Lipinski definition) is 1. The Kier molecular flexibility index (Phi) is 7.17. The average Bonchev–Trinajstić information content (AvgIpc) is 2.73. The molecule has 1 nitrogen and oxygen atoms in total. The van der Waals surface area contributed by atoms with Crippen molar-refractivity contribution in [3.63, 3.8) is 0 Å². The van der Waals surface area contributed by atoms with Crippen molar-refractivity contribution in [2.24, 2.45) is 0 Å². The van der Waals surface area contributed by atoms with Crippen LogP contribution < -0.4 is 15.3 Å². The monoisotopic (exact) mass is 388 g/mol. The van der Waals surface area contributed by atoms with Gasteiger partial charge in [-0.3, -0.25) is 0 Å². The molecule has 0 bridgehead atoms. The number of ether oxygens (including phenoxy) is 1. The normalized spacial score (nSPS) is 9.85. The van der Waals surface area contributed by atoms with E-state index >= 15 is 0 Å². The third kappa shape index (κ3) is 5.76. The van der Waals surface area contributed by atoms with Gasteiger partial charge in [-0.1, -0.05) is 97.1 Å². The second kappa shape index (κ2) is 10.0. The van der Waals surface area contributed by atoms with Crippen LogP contribution in [0.25, 0.3) is 11.1 Å². The predicted molar refractivity (Wildman–Crippen MR) is 124 cm³/mol. The lowest BCUT2D eigenvalue weighted by atomic mass is 10.1. The third-order valence-corrected chi connectivity index (χ3v) is 4.89. The van der Waals surface area contributed by atoms with Gasteiger partial charge >= 0.3 is 0 Å². The van der Waals surface area contributed by atoms with Crippen LogP contribution in [0.15, 0.2) is 109 Å². The molecule has 0 radical (unpaired) electrons. The summed E-state index contributed by atoms with van der Waals surface area (Å²) in [5, 5.41) is 2.12. The van der Waals surface area contributed by atoms with Crippen molar-refractivity contribution in [1.29, 1.82) is 0 Å². The van der Waals surface area contributed by atoms with Gasteiger partial charge in [0.05, 0.1) is 0 Å². The van der Waals surface area contributed by atoms with E-state index in [1.165, 1.54) is 11.1 Å². The summed E-state index contributed by atoms with van der Waals surface area (Å²) < 4.78 is 5.80. The van der Waals surface area contributed by atoms with Gasteiger partial charge in [0.25, 0.3) is 0 Å². The molecule has 0 saturated carbocycles. The van der Waals surface area contributed by atoms with Gasteiger partial charge in [0.1, 0.15) is 11.5 Å². The van der Waals surface area contributed by atoms with Crippen molar-refractivity contribution in [2.45, 2.75) is 0 Å². The highest BCUT2D eigenvalue weighted by molar-refractivity contribution is 7.28. The summed E-state index contributed by atoms with van der Waals surface area (Å²) in [6.45, 7) is 0. The largest absolute Gasteiger partial charge is 0.456 e. The van der Waals surface area contributed by atoms with Gasteiger partial charge < -0.3 is 4.74 Å². The topological polar surface area (TPSA) is 9.23 Å². The fourth-order valence-electron chi connectivity index (χ4n) is 2.53. The van der Waals surface area contributed by atoms with Crippen LogP contribution in [0.4, 0.5) is 0 Å². The van der Waals surface area contributed by atoms with E-state index in [0.717, 1.165) is 22.1 Å². The summed E-state index contributed by atoms with van der Waals surface area (Å²) in [4.78, 5) is 0. The Hall–Kier alpha value is -2.46. The summed E-state index contributed by atoms with van der Waals surface area (Å²) in [7, 11) is 5.33. The van der Waals surface area contributed by atoms with Crippen LogP contribution in [0, 0.1) is 0 Å². The van der Waals surface area contributed by atoms with Crippen LogP contribution in [-0.2, 0) is 0 Å². The van der Waals surface area contributed by atoms with Crippen LogP contribution >= 0.6 is 18.5 Å². The first kappa shape index (κ1) is 19.3. The molecule has 0 aliphatic carbocycles. The molecule has 27 heavy (non-hydrogen) atoms. The number of benzene rings is 4. The van der Waals surface area contributed by atoms with E-state index in [9.17, 15) is 0 Å². The second-order valence-corrected chi connectivity index (χ2v) is 7.15. The highest BCUT2D eigenvalue weighted by Gasteiger charge is 2.02. The molecular weight excluding hydrogens is 366 g/mol. The fourth-order valence-corrected chi connectivity index (χ4v) is 3.06. The molecule has 0 heterocycles. The molecule has 3 heteroatoms. The zero-order chi connectivity index (χ0) is 18.9. The standard InChI is InChI=1S/C12H12OP2.C12H10/c14-11-7-3-1-5-9(11)13-10-6-2-4-8-12(10)15;1-3-7-11(8-4-1)12-9-5-2-6-10-12/h1-8H,14-15H2;1-10H. The Morgan fingerprint density at radius 1 is 0.407 bits per heavy atom. The molecular formula is C24H22OP2. The van der Waals surface area contributed by atoms with Crippen LogP contribution in [0.2, 0.25) is 0 Å². The maximum Gasteiger partial charge on any atom is 0.134 e. The van der Waals surface area contributed by atoms with Gasteiger partial charge in [-0.25, -0.2) is 0 Å². The fraction of sp³-hybridized carbons (Fsp3) is 0. The molecule has 0 spiro atoms. The number of para-hydroxylation sites is 2. The second-order valence-electron chi connectivity index (χ2n) is 5.91. The number of hydrogen-bond donors (Lipinski definition) is 0. The SMILES string of the molecule is Pc1ccccc1Oc1ccccc1P.c1ccc(-c2ccccc2)cc1. The van der Waals surface area contributed by atoms with Crippen molar-refractivity contribution < 1.29 is 4.74 Å². The van der Waals surface area contributed by atoms with Crippen LogP contribution in [-0.4, -0.2) is 0 Å². The van der Waals surface area contributed by atoms with Crippen molar-refractivity contribution in [3.8, 4) is 22.6 Å². The minimum absolute atomic E-state index is 0.873. The van der Waals surface area contributed by atoms with E-state index in [1.54, 1.807) is 0 Å². The molecule has 134 valence electrons. The van der Waals surface area contributed by atoms with E-state index in [0.29, 0.717) is 0 Å². The maximum atomic E-state index is 5.80. The summed E-state index contributed by atoms with van der Waals surface area (Å²) >= 11 is 0. The van der Waals surface area contributed by atoms with Crippen LogP contribution in [0.3, 0.4) is 0 Å². The van der Waals surface area contributed by atoms with E-state index in [-0.39, 0.29) is 0 Å². The van der Waals surface area contributed by atoms with E-state index in [1.807, 2.05) is 60.7 Å². The highest BCUT2D eigenvalue weighted by Crippen LogP contribution is 2.20. The molecule has 0 fully saturated rings. The zero-order valence-electron chi connectivity index (χ0n) is 15.0. The summed E-state index contributed by atoms with van der Waals surface area (Å²) in [6.07, 6.45) is 0. The quantitative estimate of drug-likeness (QED) is 0.401. The van der Waals surface area contributed by atoms with Gasteiger partial charge in [-0.05, 0) is 23.3 Å². The molecule has 4 rings (SSSR count). The molecule has 0 saturated heterocycles. The van der Waals surface area contributed by atoms with E-state index in [2.05, 4.69) is 67.0 Å². The molecule has 0 amide bonds. The molecule has 2 atom stereocenters.